The number of aryl methyl sites for hydroxylation is 1. The maximum absolute atomic E-state index is 13.2. The lowest BCUT2D eigenvalue weighted by molar-refractivity contribution is -0.140. The summed E-state index contributed by atoms with van der Waals surface area (Å²) >= 11 is 6.08. The molecular weight excluding hydrogens is 452 g/mol. The number of aliphatic hydroxyl groups excluding tert-OH is 1. The zero-order valence-corrected chi connectivity index (χ0v) is 19.7. The molecule has 0 spiro atoms. The highest BCUT2D eigenvalue weighted by atomic mass is 35.5. The van der Waals surface area contributed by atoms with Gasteiger partial charge in [-0.25, -0.2) is 0 Å². The van der Waals surface area contributed by atoms with Crippen LogP contribution in [-0.4, -0.2) is 33.3 Å². The summed E-state index contributed by atoms with van der Waals surface area (Å²) in [5.41, 5.74) is 2.76. The van der Waals surface area contributed by atoms with E-state index in [0.29, 0.717) is 28.5 Å². The second kappa shape index (κ2) is 10.1. The quantitative estimate of drug-likeness (QED) is 0.278. The molecule has 0 aliphatic carbocycles. The number of aromatic nitrogens is 1. The molecule has 0 bridgehead atoms. The Balaban J connectivity index is 1.81. The number of hydrogen-bond acceptors (Lipinski definition) is 5. The van der Waals surface area contributed by atoms with Crippen LogP contribution in [-0.2, 0) is 16.1 Å². The minimum atomic E-state index is -0.770. The Kier molecular flexibility index (Phi) is 6.98. The summed E-state index contributed by atoms with van der Waals surface area (Å²) < 4.78 is 5.72. The number of likely N-dealkylation sites (tertiary alicyclic amines) is 1. The van der Waals surface area contributed by atoms with Gasteiger partial charge in [0.05, 0.1) is 18.2 Å². The van der Waals surface area contributed by atoms with Crippen LogP contribution in [0.5, 0.6) is 5.75 Å². The third kappa shape index (κ3) is 4.68. The van der Waals surface area contributed by atoms with Crippen LogP contribution in [0.4, 0.5) is 0 Å². The van der Waals surface area contributed by atoms with Crippen molar-refractivity contribution in [2.75, 3.05) is 6.61 Å². The van der Waals surface area contributed by atoms with Gasteiger partial charge in [0.25, 0.3) is 11.7 Å². The van der Waals surface area contributed by atoms with Crippen LogP contribution in [0.1, 0.15) is 41.6 Å². The molecule has 1 amide bonds. The van der Waals surface area contributed by atoms with Gasteiger partial charge in [-0.2, -0.15) is 0 Å². The molecule has 1 N–H and O–H groups in total. The van der Waals surface area contributed by atoms with E-state index < -0.39 is 17.7 Å². The highest BCUT2D eigenvalue weighted by Crippen LogP contribution is 2.41. The summed E-state index contributed by atoms with van der Waals surface area (Å²) in [6, 6.07) is 15.0. The smallest absolute Gasteiger partial charge is 0.295 e. The molecule has 1 aromatic heterocycles. The number of benzene rings is 2. The van der Waals surface area contributed by atoms with Crippen LogP contribution in [0.15, 0.2) is 72.6 Å². The van der Waals surface area contributed by atoms with E-state index in [2.05, 4.69) is 4.98 Å². The number of ketones is 1. The normalized spacial score (nSPS) is 17.3. The molecule has 4 rings (SSSR count). The number of halogens is 1. The van der Waals surface area contributed by atoms with E-state index in [-0.39, 0.29) is 17.9 Å². The molecule has 2 aromatic carbocycles. The fourth-order valence-electron chi connectivity index (χ4n) is 4.05. The lowest BCUT2D eigenvalue weighted by Crippen LogP contribution is -2.29. The molecular formula is C27H25ClN2O4. The molecule has 1 fully saturated rings. The Hall–Kier alpha value is -3.64. The molecule has 3 aromatic rings. The first-order chi connectivity index (χ1) is 16.4. The number of amides is 1. The molecule has 174 valence electrons. The summed E-state index contributed by atoms with van der Waals surface area (Å²) in [5.74, 6) is -0.919. The first-order valence-corrected chi connectivity index (χ1v) is 11.4. The standard InChI is InChI=1S/C27H25ClN2O4/c1-3-13-34-22-11-8-20(14-17(22)2)25(31)23-24(19-6-9-21(28)10-7-19)30(27(33)26(23)32)16-18-5-4-12-29-15-18/h4-12,14-15,24,31H,3,13,16H2,1-2H3/t24-/m1/s1. The summed E-state index contributed by atoms with van der Waals surface area (Å²) in [6.45, 7) is 4.66. The average molecular weight is 477 g/mol. The van der Waals surface area contributed by atoms with Gasteiger partial charge >= 0.3 is 0 Å². The first-order valence-electron chi connectivity index (χ1n) is 11.1. The first kappa shape index (κ1) is 23.5. The third-order valence-electron chi connectivity index (χ3n) is 5.71. The molecule has 1 aliphatic heterocycles. The molecule has 0 saturated carbocycles. The number of carbonyl (C=O) groups is 2. The Morgan fingerprint density at radius 1 is 1.15 bits per heavy atom. The Morgan fingerprint density at radius 2 is 1.91 bits per heavy atom. The fraction of sp³-hybridized carbons (Fsp3) is 0.222. The van der Waals surface area contributed by atoms with Crippen molar-refractivity contribution in [3.05, 3.63) is 99.8 Å². The van der Waals surface area contributed by atoms with Gasteiger partial charge < -0.3 is 14.7 Å². The van der Waals surface area contributed by atoms with Crippen molar-refractivity contribution in [1.29, 1.82) is 0 Å². The number of aliphatic hydroxyl groups is 1. The maximum Gasteiger partial charge on any atom is 0.295 e. The molecule has 1 atom stereocenters. The molecule has 7 heteroatoms. The second-order valence-electron chi connectivity index (χ2n) is 8.17. The Bertz CT molecular complexity index is 1240. The molecule has 34 heavy (non-hydrogen) atoms. The van der Waals surface area contributed by atoms with Gasteiger partial charge in [-0.3, -0.25) is 14.6 Å². The zero-order chi connectivity index (χ0) is 24.2. The predicted octanol–water partition coefficient (Wildman–Crippen LogP) is 5.45. The minimum Gasteiger partial charge on any atom is -0.507 e. The topological polar surface area (TPSA) is 79.7 Å². The molecule has 6 nitrogen and oxygen atoms in total. The molecule has 1 aliphatic rings. The number of nitrogens with zero attached hydrogens (tertiary/aromatic N) is 2. The highest BCUT2D eigenvalue weighted by Gasteiger charge is 2.46. The van der Waals surface area contributed by atoms with Crippen LogP contribution >= 0.6 is 11.6 Å². The zero-order valence-electron chi connectivity index (χ0n) is 19.0. The van der Waals surface area contributed by atoms with Crippen LogP contribution in [0, 0.1) is 6.92 Å². The minimum absolute atomic E-state index is 0.0397. The van der Waals surface area contributed by atoms with E-state index in [0.717, 1.165) is 17.5 Å². The van der Waals surface area contributed by atoms with Crippen LogP contribution < -0.4 is 4.74 Å². The van der Waals surface area contributed by atoms with E-state index >= 15 is 0 Å². The number of rotatable bonds is 7. The lowest BCUT2D eigenvalue weighted by Gasteiger charge is -2.25. The van der Waals surface area contributed by atoms with Gasteiger partial charge in [0, 0.05) is 29.5 Å². The Labute approximate surface area is 203 Å². The van der Waals surface area contributed by atoms with Crippen LogP contribution in [0.3, 0.4) is 0 Å². The predicted molar refractivity (Wildman–Crippen MR) is 131 cm³/mol. The molecule has 1 saturated heterocycles. The largest absolute Gasteiger partial charge is 0.507 e. The van der Waals surface area contributed by atoms with Gasteiger partial charge in [-0.05, 0) is 66.4 Å². The van der Waals surface area contributed by atoms with Crippen molar-refractivity contribution in [1.82, 2.24) is 9.88 Å². The number of hydrogen-bond donors (Lipinski definition) is 1. The summed E-state index contributed by atoms with van der Waals surface area (Å²) in [4.78, 5) is 31.9. The van der Waals surface area contributed by atoms with Gasteiger partial charge in [0.15, 0.2) is 0 Å². The van der Waals surface area contributed by atoms with Crippen molar-refractivity contribution in [2.45, 2.75) is 32.9 Å². The van der Waals surface area contributed by atoms with E-state index in [4.69, 9.17) is 16.3 Å². The molecule has 0 radical (unpaired) electrons. The number of pyridine rings is 1. The van der Waals surface area contributed by atoms with Gasteiger partial charge in [-0.15, -0.1) is 0 Å². The third-order valence-corrected chi connectivity index (χ3v) is 5.96. The fourth-order valence-corrected chi connectivity index (χ4v) is 4.18. The number of carbonyl (C=O) groups excluding carboxylic acids is 2. The molecule has 2 heterocycles. The van der Waals surface area contributed by atoms with Crippen molar-refractivity contribution < 1.29 is 19.4 Å². The van der Waals surface area contributed by atoms with Gasteiger partial charge in [-0.1, -0.05) is 36.7 Å². The van der Waals surface area contributed by atoms with Gasteiger partial charge in [0.1, 0.15) is 11.5 Å². The summed E-state index contributed by atoms with van der Waals surface area (Å²) in [5, 5.41) is 11.8. The lowest BCUT2D eigenvalue weighted by atomic mass is 9.94. The van der Waals surface area contributed by atoms with Crippen LogP contribution in [0.25, 0.3) is 5.76 Å². The Morgan fingerprint density at radius 3 is 2.56 bits per heavy atom. The highest BCUT2D eigenvalue weighted by molar-refractivity contribution is 6.46. The average Bonchev–Trinajstić information content (AvgIpc) is 3.09. The van der Waals surface area contributed by atoms with E-state index in [1.807, 2.05) is 19.9 Å². The summed E-state index contributed by atoms with van der Waals surface area (Å²) in [7, 11) is 0. The van der Waals surface area contributed by atoms with Crippen molar-refractivity contribution >= 4 is 29.1 Å². The monoisotopic (exact) mass is 476 g/mol. The molecule has 0 unspecified atom stereocenters. The SMILES string of the molecule is CCCOc1ccc(C(O)=C2C(=O)C(=O)N(Cc3cccnc3)[C@@H]2c2ccc(Cl)cc2)cc1C. The number of ether oxygens (including phenoxy) is 1. The van der Waals surface area contributed by atoms with E-state index in [1.54, 1.807) is 60.9 Å². The summed E-state index contributed by atoms with van der Waals surface area (Å²) in [6.07, 6.45) is 4.17. The van der Waals surface area contributed by atoms with Crippen molar-refractivity contribution in [3.8, 4) is 5.75 Å². The van der Waals surface area contributed by atoms with E-state index in [9.17, 15) is 14.7 Å². The maximum atomic E-state index is 13.2. The van der Waals surface area contributed by atoms with Crippen molar-refractivity contribution in [3.63, 3.8) is 0 Å². The van der Waals surface area contributed by atoms with E-state index in [1.165, 1.54) is 4.90 Å². The number of Topliss-reactive ketones (excluding diaryl/α,β-unsaturated/α-hetero) is 1. The van der Waals surface area contributed by atoms with Gasteiger partial charge in [0.2, 0.25) is 0 Å². The second-order valence-corrected chi connectivity index (χ2v) is 8.60. The van der Waals surface area contributed by atoms with Crippen molar-refractivity contribution in [2.24, 2.45) is 0 Å². The van der Waals surface area contributed by atoms with Crippen LogP contribution in [0.2, 0.25) is 5.02 Å².